The van der Waals surface area contributed by atoms with Gasteiger partial charge in [0.15, 0.2) is 5.96 Å². The predicted octanol–water partition coefficient (Wildman–Crippen LogP) is 3.34. The SMILES string of the molecule is CN=C(NCC(c1cccs1)N1CCCC1)N1CCC2(CCC2)C1. The van der Waals surface area contributed by atoms with E-state index in [1.54, 1.807) is 0 Å². The lowest BCUT2D eigenvalue weighted by Crippen LogP contribution is -2.45. The Morgan fingerprint density at radius 1 is 1.25 bits per heavy atom. The molecule has 1 aromatic rings. The lowest BCUT2D eigenvalue weighted by atomic mass is 9.68. The van der Waals surface area contributed by atoms with Crippen LogP contribution in [0.3, 0.4) is 0 Å². The number of hydrogen-bond acceptors (Lipinski definition) is 3. The monoisotopic (exact) mass is 346 g/mol. The largest absolute Gasteiger partial charge is 0.354 e. The van der Waals surface area contributed by atoms with Gasteiger partial charge >= 0.3 is 0 Å². The second-order valence-electron chi connectivity index (χ2n) is 7.73. The zero-order valence-corrected chi connectivity index (χ0v) is 15.7. The molecule has 0 bridgehead atoms. The van der Waals surface area contributed by atoms with E-state index < -0.39 is 0 Å². The van der Waals surface area contributed by atoms with Crippen molar-refractivity contribution in [1.82, 2.24) is 15.1 Å². The van der Waals surface area contributed by atoms with Gasteiger partial charge in [-0.25, -0.2) is 0 Å². The third kappa shape index (κ3) is 3.21. The molecule has 1 unspecified atom stereocenters. The summed E-state index contributed by atoms with van der Waals surface area (Å²) in [4.78, 5) is 11.2. The fraction of sp³-hybridized carbons (Fsp3) is 0.737. The summed E-state index contributed by atoms with van der Waals surface area (Å²) in [5, 5.41) is 5.91. The fourth-order valence-corrected chi connectivity index (χ4v) is 5.53. The van der Waals surface area contributed by atoms with Gasteiger partial charge in [0.1, 0.15) is 0 Å². The van der Waals surface area contributed by atoms with E-state index >= 15 is 0 Å². The first-order valence-electron chi connectivity index (χ1n) is 9.53. The molecule has 1 N–H and O–H groups in total. The van der Waals surface area contributed by atoms with Crippen LogP contribution in [0.25, 0.3) is 0 Å². The van der Waals surface area contributed by atoms with Crippen molar-refractivity contribution in [2.45, 2.75) is 44.6 Å². The molecule has 4 rings (SSSR count). The highest BCUT2D eigenvalue weighted by molar-refractivity contribution is 7.10. The van der Waals surface area contributed by atoms with Crippen molar-refractivity contribution in [2.75, 3.05) is 39.8 Å². The summed E-state index contributed by atoms with van der Waals surface area (Å²) in [5.74, 6) is 1.11. The van der Waals surface area contributed by atoms with E-state index in [1.165, 1.54) is 69.6 Å². The van der Waals surface area contributed by atoms with Crippen molar-refractivity contribution in [3.05, 3.63) is 22.4 Å². The van der Waals surface area contributed by atoms with Gasteiger partial charge in [-0.1, -0.05) is 12.5 Å². The molecule has 3 heterocycles. The Balaban J connectivity index is 1.39. The molecule has 1 spiro atoms. The fourth-order valence-electron chi connectivity index (χ4n) is 4.66. The van der Waals surface area contributed by atoms with Crippen LogP contribution >= 0.6 is 11.3 Å². The molecule has 0 aromatic carbocycles. The molecule has 132 valence electrons. The van der Waals surface area contributed by atoms with E-state index in [4.69, 9.17) is 0 Å². The number of aliphatic imine (C=N–C) groups is 1. The third-order valence-corrected chi connectivity index (χ3v) is 7.24. The van der Waals surface area contributed by atoms with Crippen molar-refractivity contribution in [1.29, 1.82) is 0 Å². The minimum Gasteiger partial charge on any atom is -0.354 e. The number of hydrogen-bond donors (Lipinski definition) is 1. The smallest absolute Gasteiger partial charge is 0.193 e. The summed E-state index contributed by atoms with van der Waals surface area (Å²) in [5.41, 5.74) is 0.625. The Kier molecular flexibility index (Phi) is 4.81. The Hall–Kier alpha value is -1.07. The lowest BCUT2D eigenvalue weighted by molar-refractivity contribution is 0.151. The van der Waals surface area contributed by atoms with E-state index in [2.05, 4.69) is 37.6 Å². The van der Waals surface area contributed by atoms with Crippen molar-refractivity contribution in [3.8, 4) is 0 Å². The summed E-state index contributed by atoms with van der Waals surface area (Å²) in [6.07, 6.45) is 8.30. The van der Waals surface area contributed by atoms with Gasteiger partial charge in [-0.3, -0.25) is 9.89 Å². The molecule has 4 nitrogen and oxygen atoms in total. The lowest BCUT2D eigenvalue weighted by Gasteiger charge is -2.38. The molecule has 2 saturated heterocycles. The number of rotatable bonds is 4. The summed E-state index contributed by atoms with van der Waals surface area (Å²) in [6, 6.07) is 4.96. The zero-order chi connectivity index (χ0) is 16.4. The maximum Gasteiger partial charge on any atom is 0.193 e. The van der Waals surface area contributed by atoms with Crippen molar-refractivity contribution < 1.29 is 0 Å². The van der Waals surface area contributed by atoms with Crippen LogP contribution in [0.5, 0.6) is 0 Å². The molecule has 1 saturated carbocycles. The number of nitrogens with zero attached hydrogens (tertiary/aromatic N) is 3. The van der Waals surface area contributed by atoms with Gasteiger partial charge in [0, 0.05) is 31.6 Å². The topological polar surface area (TPSA) is 30.9 Å². The molecular formula is C19H30N4S. The normalized spacial score (nSPS) is 25.2. The molecule has 1 aromatic heterocycles. The van der Waals surface area contributed by atoms with Crippen LogP contribution in [0, 0.1) is 5.41 Å². The highest BCUT2D eigenvalue weighted by Gasteiger charge is 2.43. The van der Waals surface area contributed by atoms with E-state index in [0.717, 1.165) is 12.5 Å². The van der Waals surface area contributed by atoms with Gasteiger partial charge in [0.2, 0.25) is 0 Å². The Morgan fingerprint density at radius 2 is 2.08 bits per heavy atom. The average Bonchev–Trinajstić information content (AvgIpc) is 3.32. The van der Waals surface area contributed by atoms with Crippen LogP contribution in [-0.4, -0.2) is 55.5 Å². The van der Waals surface area contributed by atoms with Gasteiger partial charge in [0.25, 0.3) is 0 Å². The maximum absolute atomic E-state index is 4.59. The van der Waals surface area contributed by atoms with E-state index in [0.29, 0.717) is 11.5 Å². The van der Waals surface area contributed by atoms with Crippen LogP contribution in [-0.2, 0) is 0 Å². The number of guanidine groups is 1. The molecule has 0 amide bonds. The van der Waals surface area contributed by atoms with Crippen LogP contribution in [0.1, 0.15) is 49.4 Å². The Labute approximate surface area is 149 Å². The zero-order valence-electron chi connectivity index (χ0n) is 14.8. The van der Waals surface area contributed by atoms with Crippen LogP contribution in [0.4, 0.5) is 0 Å². The predicted molar refractivity (Wildman–Crippen MR) is 102 cm³/mol. The van der Waals surface area contributed by atoms with Crippen molar-refractivity contribution in [2.24, 2.45) is 10.4 Å². The van der Waals surface area contributed by atoms with Gasteiger partial charge in [0.05, 0.1) is 6.04 Å². The molecule has 3 fully saturated rings. The first-order chi connectivity index (χ1) is 11.8. The molecule has 3 aliphatic rings. The Morgan fingerprint density at radius 3 is 2.67 bits per heavy atom. The maximum atomic E-state index is 4.59. The second kappa shape index (κ2) is 7.04. The quantitative estimate of drug-likeness (QED) is 0.670. The Bertz CT molecular complexity index is 558. The van der Waals surface area contributed by atoms with Crippen LogP contribution < -0.4 is 5.32 Å². The molecule has 24 heavy (non-hydrogen) atoms. The molecule has 2 aliphatic heterocycles. The van der Waals surface area contributed by atoms with E-state index in [9.17, 15) is 0 Å². The molecule has 1 aliphatic carbocycles. The summed E-state index contributed by atoms with van der Waals surface area (Å²) in [7, 11) is 1.93. The number of thiophene rings is 1. The molecular weight excluding hydrogens is 316 g/mol. The third-order valence-electron chi connectivity index (χ3n) is 6.27. The van der Waals surface area contributed by atoms with E-state index in [1.807, 2.05) is 18.4 Å². The molecule has 5 heteroatoms. The van der Waals surface area contributed by atoms with Crippen molar-refractivity contribution in [3.63, 3.8) is 0 Å². The van der Waals surface area contributed by atoms with Gasteiger partial charge in [-0.05, 0) is 62.1 Å². The minimum atomic E-state index is 0.490. The van der Waals surface area contributed by atoms with Crippen molar-refractivity contribution >= 4 is 17.3 Å². The summed E-state index contributed by atoms with van der Waals surface area (Å²) in [6.45, 7) is 5.81. The number of likely N-dealkylation sites (tertiary alicyclic amines) is 2. The highest BCUT2D eigenvalue weighted by atomic mass is 32.1. The first kappa shape index (κ1) is 16.4. The molecule has 0 radical (unpaired) electrons. The molecule has 1 atom stereocenters. The second-order valence-corrected chi connectivity index (χ2v) is 8.71. The first-order valence-corrected chi connectivity index (χ1v) is 10.4. The van der Waals surface area contributed by atoms with Crippen LogP contribution in [0.2, 0.25) is 0 Å². The van der Waals surface area contributed by atoms with E-state index in [-0.39, 0.29) is 0 Å². The average molecular weight is 347 g/mol. The van der Waals surface area contributed by atoms with Gasteiger partial charge < -0.3 is 10.2 Å². The van der Waals surface area contributed by atoms with Gasteiger partial charge in [-0.2, -0.15) is 0 Å². The standard InChI is InChI=1S/C19H30N4S/c1-20-18(23-12-9-19(15-23)7-5-8-19)21-14-16(17-6-4-13-24-17)22-10-2-3-11-22/h4,6,13,16H,2-3,5,7-12,14-15H2,1H3,(H,20,21). The minimum absolute atomic E-state index is 0.490. The number of nitrogens with one attached hydrogen (secondary N) is 1. The highest BCUT2D eigenvalue weighted by Crippen LogP contribution is 2.47. The van der Waals surface area contributed by atoms with Crippen LogP contribution in [0.15, 0.2) is 22.5 Å². The summed E-state index contributed by atoms with van der Waals surface area (Å²) >= 11 is 1.89. The van der Waals surface area contributed by atoms with Gasteiger partial charge in [-0.15, -0.1) is 11.3 Å². The summed E-state index contributed by atoms with van der Waals surface area (Å²) < 4.78 is 0.